The van der Waals surface area contributed by atoms with Crippen LogP contribution in [-0.2, 0) is 4.74 Å². The fourth-order valence-corrected chi connectivity index (χ4v) is 0.992. The van der Waals surface area contributed by atoms with E-state index < -0.39 is 0 Å². The first-order valence-corrected chi connectivity index (χ1v) is 4.36. The van der Waals surface area contributed by atoms with Gasteiger partial charge in [-0.05, 0) is 38.3 Å². The maximum absolute atomic E-state index is 4.98. The molecule has 1 aliphatic carbocycles. The summed E-state index contributed by atoms with van der Waals surface area (Å²) in [7, 11) is 0. The van der Waals surface area contributed by atoms with Gasteiger partial charge in [-0.3, -0.25) is 0 Å². The van der Waals surface area contributed by atoms with E-state index in [9.17, 15) is 0 Å². The Morgan fingerprint density at radius 2 is 2.36 bits per heavy atom. The van der Waals surface area contributed by atoms with E-state index in [2.05, 4.69) is 11.9 Å². The predicted octanol–water partition coefficient (Wildman–Crippen LogP) is 1.54. The number of ether oxygens (including phenoxy) is 1. The molecule has 11 heavy (non-hydrogen) atoms. The van der Waals surface area contributed by atoms with Gasteiger partial charge in [-0.25, -0.2) is 0 Å². The van der Waals surface area contributed by atoms with Crippen LogP contribution in [0.1, 0.15) is 19.3 Å². The molecule has 0 aliphatic heterocycles. The number of hydrogen-bond acceptors (Lipinski definition) is 2. The fraction of sp³-hybridized carbons (Fsp3) is 0.778. The van der Waals surface area contributed by atoms with Gasteiger partial charge in [-0.15, -0.1) is 0 Å². The highest BCUT2D eigenvalue weighted by atomic mass is 16.5. The smallest absolute Gasteiger partial charge is 0.0885 e. The molecular formula is C9H17NO. The Labute approximate surface area is 68.6 Å². The second-order valence-corrected chi connectivity index (χ2v) is 3.04. The second kappa shape index (κ2) is 5.19. The zero-order valence-corrected chi connectivity index (χ0v) is 7.01. The van der Waals surface area contributed by atoms with Crippen molar-refractivity contribution in [3.63, 3.8) is 0 Å². The molecule has 0 bridgehead atoms. The molecule has 0 amide bonds. The van der Waals surface area contributed by atoms with Crippen molar-refractivity contribution in [3.8, 4) is 0 Å². The Kier molecular flexibility index (Phi) is 4.06. The third-order valence-corrected chi connectivity index (χ3v) is 1.86. The molecule has 0 heterocycles. The van der Waals surface area contributed by atoms with Crippen LogP contribution >= 0.6 is 0 Å². The van der Waals surface area contributed by atoms with Crippen LogP contribution in [0.3, 0.4) is 0 Å². The van der Waals surface area contributed by atoms with E-state index in [-0.39, 0.29) is 0 Å². The summed E-state index contributed by atoms with van der Waals surface area (Å²) in [4.78, 5) is 0. The van der Waals surface area contributed by atoms with Gasteiger partial charge in [0.2, 0.25) is 0 Å². The molecule has 1 aliphatic rings. The summed E-state index contributed by atoms with van der Waals surface area (Å²) < 4.78 is 4.98. The lowest BCUT2D eigenvalue weighted by atomic mass is 10.4. The maximum Gasteiger partial charge on any atom is 0.0885 e. The molecule has 0 aromatic heterocycles. The zero-order chi connectivity index (χ0) is 7.94. The van der Waals surface area contributed by atoms with Gasteiger partial charge in [0.05, 0.1) is 12.9 Å². The highest BCUT2D eigenvalue weighted by molar-refractivity contribution is 4.74. The van der Waals surface area contributed by atoms with Crippen molar-refractivity contribution in [2.24, 2.45) is 5.92 Å². The monoisotopic (exact) mass is 155 g/mol. The van der Waals surface area contributed by atoms with Crippen molar-refractivity contribution >= 4 is 0 Å². The largest absolute Gasteiger partial charge is 0.502 e. The molecule has 0 saturated heterocycles. The molecule has 64 valence electrons. The number of hydrogen-bond donors (Lipinski definition) is 1. The first-order valence-electron chi connectivity index (χ1n) is 4.36. The van der Waals surface area contributed by atoms with E-state index >= 15 is 0 Å². The van der Waals surface area contributed by atoms with E-state index in [0.29, 0.717) is 0 Å². The lowest BCUT2D eigenvalue weighted by Gasteiger charge is -2.02. The van der Waals surface area contributed by atoms with Gasteiger partial charge in [0.25, 0.3) is 0 Å². The van der Waals surface area contributed by atoms with Crippen molar-refractivity contribution in [1.29, 1.82) is 0 Å². The van der Waals surface area contributed by atoms with Crippen molar-refractivity contribution in [2.75, 3.05) is 19.7 Å². The predicted molar refractivity (Wildman–Crippen MR) is 46.4 cm³/mol. The van der Waals surface area contributed by atoms with Crippen LogP contribution < -0.4 is 5.32 Å². The molecule has 1 fully saturated rings. The van der Waals surface area contributed by atoms with Crippen LogP contribution in [0.15, 0.2) is 12.8 Å². The van der Waals surface area contributed by atoms with Crippen LogP contribution in [0, 0.1) is 5.92 Å². The highest BCUT2D eigenvalue weighted by Gasteiger charge is 2.19. The van der Waals surface area contributed by atoms with Gasteiger partial charge in [-0.2, -0.15) is 0 Å². The van der Waals surface area contributed by atoms with E-state index in [1.54, 1.807) is 0 Å². The van der Waals surface area contributed by atoms with Crippen LogP contribution in [0.4, 0.5) is 0 Å². The van der Waals surface area contributed by atoms with Crippen LogP contribution in [-0.4, -0.2) is 19.7 Å². The number of rotatable bonds is 7. The van der Waals surface area contributed by atoms with E-state index in [1.807, 2.05) is 0 Å². The SMILES string of the molecule is C=COCCCNCC1CC1. The Morgan fingerprint density at radius 1 is 1.55 bits per heavy atom. The zero-order valence-electron chi connectivity index (χ0n) is 7.01. The quantitative estimate of drug-likeness (QED) is 0.445. The minimum Gasteiger partial charge on any atom is -0.502 e. The average Bonchev–Trinajstić information content (AvgIpc) is 2.80. The van der Waals surface area contributed by atoms with Crippen LogP contribution in [0.25, 0.3) is 0 Å². The molecular weight excluding hydrogens is 138 g/mol. The Hall–Kier alpha value is -0.500. The van der Waals surface area contributed by atoms with Crippen molar-refractivity contribution in [3.05, 3.63) is 12.8 Å². The molecule has 1 saturated carbocycles. The summed E-state index contributed by atoms with van der Waals surface area (Å²) in [6.45, 7) is 6.54. The Morgan fingerprint density at radius 3 is 3.00 bits per heavy atom. The molecule has 0 unspecified atom stereocenters. The normalized spacial score (nSPS) is 16.4. The number of nitrogens with one attached hydrogen (secondary N) is 1. The fourth-order valence-electron chi connectivity index (χ4n) is 0.992. The first-order chi connectivity index (χ1) is 5.43. The molecule has 1 N–H and O–H groups in total. The summed E-state index contributed by atoms with van der Waals surface area (Å²) in [5.41, 5.74) is 0. The Balaban J connectivity index is 1.69. The van der Waals surface area contributed by atoms with Crippen molar-refractivity contribution in [2.45, 2.75) is 19.3 Å². The van der Waals surface area contributed by atoms with E-state index in [1.165, 1.54) is 25.6 Å². The molecule has 0 spiro atoms. The van der Waals surface area contributed by atoms with Crippen LogP contribution in [0.5, 0.6) is 0 Å². The minimum atomic E-state index is 0.793. The molecule has 2 heteroatoms. The van der Waals surface area contributed by atoms with Gasteiger partial charge in [-0.1, -0.05) is 6.58 Å². The molecule has 1 rings (SSSR count). The second-order valence-electron chi connectivity index (χ2n) is 3.04. The Bertz CT molecular complexity index is 110. The van der Waals surface area contributed by atoms with Gasteiger partial charge in [0.15, 0.2) is 0 Å². The third-order valence-electron chi connectivity index (χ3n) is 1.86. The van der Waals surface area contributed by atoms with Gasteiger partial charge in [0, 0.05) is 0 Å². The third kappa shape index (κ3) is 4.85. The molecule has 2 nitrogen and oxygen atoms in total. The maximum atomic E-state index is 4.98. The minimum absolute atomic E-state index is 0.793. The highest BCUT2D eigenvalue weighted by Crippen LogP contribution is 2.27. The van der Waals surface area contributed by atoms with Gasteiger partial charge < -0.3 is 10.1 Å². The summed E-state index contributed by atoms with van der Waals surface area (Å²) in [6, 6.07) is 0. The molecule has 0 radical (unpaired) electrons. The summed E-state index contributed by atoms with van der Waals surface area (Å²) >= 11 is 0. The molecule has 0 aromatic rings. The van der Waals surface area contributed by atoms with Gasteiger partial charge >= 0.3 is 0 Å². The molecule has 0 atom stereocenters. The topological polar surface area (TPSA) is 21.3 Å². The lowest BCUT2D eigenvalue weighted by Crippen LogP contribution is -2.18. The summed E-state index contributed by atoms with van der Waals surface area (Å²) in [6.07, 6.45) is 5.44. The first kappa shape index (κ1) is 8.60. The summed E-state index contributed by atoms with van der Waals surface area (Å²) in [5, 5.41) is 3.39. The van der Waals surface area contributed by atoms with E-state index in [4.69, 9.17) is 4.74 Å². The van der Waals surface area contributed by atoms with Crippen LogP contribution in [0.2, 0.25) is 0 Å². The van der Waals surface area contributed by atoms with Gasteiger partial charge in [0.1, 0.15) is 0 Å². The average molecular weight is 155 g/mol. The summed E-state index contributed by atoms with van der Waals surface area (Å²) in [5.74, 6) is 0.982. The molecule has 0 aromatic carbocycles. The van der Waals surface area contributed by atoms with Crippen molar-refractivity contribution in [1.82, 2.24) is 5.32 Å². The lowest BCUT2D eigenvalue weighted by molar-refractivity contribution is 0.244. The van der Waals surface area contributed by atoms with E-state index in [0.717, 1.165) is 25.5 Å². The van der Waals surface area contributed by atoms with Crippen molar-refractivity contribution < 1.29 is 4.74 Å². The standard InChI is InChI=1S/C9H17NO/c1-2-11-7-3-6-10-8-9-4-5-9/h2,9-10H,1,3-8H2.